The molecule has 1 fully saturated rings. The molecule has 1 N–H and O–H groups in total. The number of aromatic nitrogens is 2. The average molecular weight is 459 g/mol. The molecular formula is C17H26IN5S. The number of hydrogen-bond acceptors (Lipinski definition) is 3. The van der Waals surface area contributed by atoms with Gasteiger partial charge >= 0.3 is 0 Å². The van der Waals surface area contributed by atoms with Gasteiger partial charge in [-0.25, -0.2) is 9.98 Å². The van der Waals surface area contributed by atoms with Crippen LogP contribution in [-0.4, -0.2) is 40.0 Å². The van der Waals surface area contributed by atoms with Gasteiger partial charge in [0.1, 0.15) is 0 Å². The van der Waals surface area contributed by atoms with Gasteiger partial charge < -0.3 is 14.8 Å². The number of guanidine groups is 1. The smallest absolute Gasteiger partial charge is 0.194 e. The lowest BCUT2D eigenvalue weighted by molar-refractivity contribution is 0.189. The molecule has 2 aromatic heterocycles. The molecule has 0 amide bonds. The Bertz CT molecular complexity index is 611. The van der Waals surface area contributed by atoms with E-state index in [2.05, 4.69) is 56.6 Å². The first-order valence-corrected chi connectivity index (χ1v) is 9.24. The van der Waals surface area contributed by atoms with E-state index in [-0.39, 0.29) is 24.0 Å². The summed E-state index contributed by atoms with van der Waals surface area (Å²) >= 11 is 1.73. The van der Waals surface area contributed by atoms with Crippen molar-refractivity contribution in [3.63, 3.8) is 0 Å². The topological polar surface area (TPSA) is 45.5 Å². The molecule has 0 aromatic carbocycles. The maximum absolute atomic E-state index is 4.83. The van der Waals surface area contributed by atoms with Crippen molar-refractivity contribution in [2.45, 2.75) is 32.9 Å². The number of nitrogens with one attached hydrogen (secondary N) is 1. The number of piperidine rings is 1. The van der Waals surface area contributed by atoms with Gasteiger partial charge in [-0.05, 0) is 41.7 Å². The number of rotatable bonds is 4. The van der Waals surface area contributed by atoms with Crippen LogP contribution in [0.4, 0.5) is 0 Å². The molecule has 3 heterocycles. The van der Waals surface area contributed by atoms with Crippen LogP contribution in [0.5, 0.6) is 0 Å². The maximum atomic E-state index is 4.83. The Kier molecular flexibility index (Phi) is 7.54. The first-order chi connectivity index (χ1) is 11.3. The van der Waals surface area contributed by atoms with E-state index in [9.17, 15) is 0 Å². The number of likely N-dealkylation sites (tertiary alicyclic amines) is 1. The minimum Gasteiger partial charge on any atom is -0.357 e. The third-order valence-electron chi connectivity index (χ3n) is 4.45. The predicted octanol–water partition coefficient (Wildman–Crippen LogP) is 3.61. The molecule has 2 unspecified atom stereocenters. The summed E-state index contributed by atoms with van der Waals surface area (Å²) in [6.45, 7) is 8.13. The van der Waals surface area contributed by atoms with Crippen LogP contribution in [0.3, 0.4) is 0 Å². The first-order valence-electron chi connectivity index (χ1n) is 8.29. The maximum Gasteiger partial charge on any atom is 0.194 e. The van der Waals surface area contributed by atoms with Crippen LogP contribution in [0, 0.1) is 5.92 Å². The standard InChI is InChI=1S/C17H25N5S.HI/c1-3-19-17(20-10-15-5-9-23-12-15)21-7-4-14(2)16(11-21)22-8-6-18-13-22;/h5-6,8-9,12-14,16H,3-4,7,10-11H2,1-2H3,(H,19,20);1H. The number of imidazole rings is 1. The Morgan fingerprint density at radius 1 is 1.50 bits per heavy atom. The summed E-state index contributed by atoms with van der Waals surface area (Å²) in [7, 11) is 0. The van der Waals surface area contributed by atoms with Crippen molar-refractivity contribution in [3.8, 4) is 0 Å². The second kappa shape index (κ2) is 9.41. The van der Waals surface area contributed by atoms with Gasteiger partial charge in [-0.3, -0.25) is 0 Å². The number of nitrogens with zero attached hydrogens (tertiary/aromatic N) is 4. The Labute approximate surface area is 165 Å². The Morgan fingerprint density at radius 2 is 2.38 bits per heavy atom. The molecule has 3 rings (SSSR count). The van der Waals surface area contributed by atoms with Crippen LogP contribution in [0.25, 0.3) is 0 Å². The van der Waals surface area contributed by atoms with Gasteiger partial charge in [0.25, 0.3) is 0 Å². The van der Waals surface area contributed by atoms with Gasteiger partial charge in [0, 0.05) is 32.0 Å². The molecule has 7 heteroatoms. The molecule has 24 heavy (non-hydrogen) atoms. The predicted molar refractivity (Wildman–Crippen MR) is 111 cm³/mol. The normalized spacial score (nSPS) is 21.4. The van der Waals surface area contributed by atoms with Gasteiger partial charge in [0.2, 0.25) is 0 Å². The van der Waals surface area contributed by atoms with E-state index in [1.54, 1.807) is 11.3 Å². The van der Waals surface area contributed by atoms with E-state index in [0.29, 0.717) is 12.0 Å². The summed E-state index contributed by atoms with van der Waals surface area (Å²) in [4.78, 5) is 11.4. The van der Waals surface area contributed by atoms with Crippen molar-refractivity contribution in [2.24, 2.45) is 10.9 Å². The monoisotopic (exact) mass is 459 g/mol. The molecule has 1 saturated heterocycles. The van der Waals surface area contributed by atoms with E-state index in [4.69, 9.17) is 4.99 Å². The molecule has 0 radical (unpaired) electrons. The van der Waals surface area contributed by atoms with Crippen LogP contribution >= 0.6 is 35.3 Å². The fourth-order valence-electron chi connectivity index (χ4n) is 3.07. The fourth-order valence-corrected chi connectivity index (χ4v) is 3.73. The molecule has 1 aliphatic heterocycles. The van der Waals surface area contributed by atoms with Crippen LogP contribution < -0.4 is 5.32 Å². The SMILES string of the molecule is CCNC(=NCc1ccsc1)N1CCC(C)C(n2ccnc2)C1.I. The van der Waals surface area contributed by atoms with Crippen molar-refractivity contribution in [1.29, 1.82) is 0 Å². The molecule has 2 aromatic rings. The quantitative estimate of drug-likeness (QED) is 0.432. The molecular weight excluding hydrogens is 433 g/mol. The largest absolute Gasteiger partial charge is 0.357 e. The van der Waals surface area contributed by atoms with Crippen molar-refractivity contribution >= 4 is 41.3 Å². The molecule has 5 nitrogen and oxygen atoms in total. The van der Waals surface area contributed by atoms with E-state index in [0.717, 1.165) is 32.1 Å². The number of halogens is 1. The van der Waals surface area contributed by atoms with Crippen molar-refractivity contribution in [1.82, 2.24) is 19.8 Å². The van der Waals surface area contributed by atoms with E-state index >= 15 is 0 Å². The van der Waals surface area contributed by atoms with E-state index in [1.165, 1.54) is 12.0 Å². The second-order valence-electron chi connectivity index (χ2n) is 6.09. The number of thiophene rings is 1. The van der Waals surface area contributed by atoms with Gasteiger partial charge in [-0.15, -0.1) is 24.0 Å². The third kappa shape index (κ3) is 4.72. The molecule has 2 atom stereocenters. The highest BCUT2D eigenvalue weighted by molar-refractivity contribution is 14.0. The molecule has 0 aliphatic carbocycles. The lowest BCUT2D eigenvalue weighted by Crippen LogP contribution is -2.49. The van der Waals surface area contributed by atoms with Crippen LogP contribution in [0.2, 0.25) is 0 Å². The highest BCUT2D eigenvalue weighted by Crippen LogP contribution is 2.27. The van der Waals surface area contributed by atoms with Gasteiger partial charge in [-0.2, -0.15) is 11.3 Å². The summed E-state index contributed by atoms with van der Waals surface area (Å²) in [6, 6.07) is 2.60. The summed E-state index contributed by atoms with van der Waals surface area (Å²) in [5.74, 6) is 1.68. The number of hydrogen-bond donors (Lipinski definition) is 1. The number of aliphatic imine (C=N–C) groups is 1. The van der Waals surface area contributed by atoms with Crippen molar-refractivity contribution in [2.75, 3.05) is 19.6 Å². The molecule has 0 saturated carbocycles. The highest BCUT2D eigenvalue weighted by Gasteiger charge is 2.28. The molecule has 0 bridgehead atoms. The highest BCUT2D eigenvalue weighted by atomic mass is 127. The lowest BCUT2D eigenvalue weighted by Gasteiger charge is -2.39. The van der Waals surface area contributed by atoms with Gasteiger partial charge in [0.05, 0.1) is 18.9 Å². The molecule has 132 valence electrons. The van der Waals surface area contributed by atoms with Crippen molar-refractivity contribution in [3.05, 3.63) is 41.1 Å². The van der Waals surface area contributed by atoms with Gasteiger partial charge in [0.15, 0.2) is 5.96 Å². The summed E-state index contributed by atoms with van der Waals surface area (Å²) in [6.07, 6.45) is 7.04. The minimum atomic E-state index is 0. The summed E-state index contributed by atoms with van der Waals surface area (Å²) < 4.78 is 2.24. The third-order valence-corrected chi connectivity index (χ3v) is 5.18. The Morgan fingerprint density at radius 3 is 3.04 bits per heavy atom. The minimum absolute atomic E-state index is 0. The zero-order valence-electron chi connectivity index (χ0n) is 14.3. The Balaban J connectivity index is 0.00000208. The summed E-state index contributed by atoms with van der Waals surface area (Å²) in [5.41, 5.74) is 1.28. The zero-order chi connectivity index (χ0) is 16.1. The summed E-state index contributed by atoms with van der Waals surface area (Å²) in [5, 5.41) is 7.72. The zero-order valence-corrected chi connectivity index (χ0v) is 17.4. The molecule has 0 spiro atoms. The fraction of sp³-hybridized carbons (Fsp3) is 0.529. The molecule has 1 aliphatic rings. The Hall–Kier alpha value is -1.09. The average Bonchev–Trinajstić information content (AvgIpc) is 3.25. The lowest BCUT2D eigenvalue weighted by atomic mass is 9.93. The van der Waals surface area contributed by atoms with E-state index in [1.807, 2.05) is 12.5 Å². The van der Waals surface area contributed by atoms with Gasteiger partial charge in [-0.1, -0.05) is 6.92 Å². The first kappa shape index (κ1) is 19.2. The van der Waals surface area contributed by atoms with Crippen LogP contribution in [0.15, 0.2) is 40.5 Å². The van der Waals surface area contributed by atoms with Crippen molar-refractivity contribution < 1.29 is 0 Å². The van der Waals surface area contributed by atoms with E-state index < -0.39 is 0 Å². The van der Waals surface area contributed by atoms with Crippen LogP contribution in [0.1, 0.15) is 31.9 Å². The second-order valence-corrected chi connectivity index (χ2v) is 6.87. The van der Waals surface area contributed by atoms with Crippen LogP contribution in [-0.2, 0) is 6.54 Å².